The lowest BCUT2D eigenvalue weighted by atomic mass is 9.90. The van der Waals surface area contributed by atoms with Gasteiger partial charge in [-0.05, 0) is 54.7 Å². The summed E-state index contributed by atoms with van der Waals surface area (Å²) in [4.78, 5) is 29.0. The van der Waals surface area contributed by atoms with Crippen molar-refractivity contribution in [3.05, 3.63) is 101 Å². The number of esters is 1. The van der Waals surface area contributed by atoms with Gasteiger partial charge in [-0.3, -0.25) is 9.78 Å². The van der Waals surface area contributed by atoms with E-state index in [0.29, 0.717) is 29.5 Å². The highest BCUT2D eigenvalue weighted by atomic mass is 19.1. The predicted octanol–water partition coefficient (Wildman–Crippen LogP) is 5.29. The van der Waals surface area contributed by atoms with E-state index in [0.717, 1.165) is 0 Å². The fourth-order valence-electron chi connectivity index (χ4n) is 3.61. The lowest BCUT2D eigenvalue weighted by Gasteiger charge is -2.23. The van der Waals surface area contributed by atoms with Gasteiger partial charge < -0.3 is 10.1 Å². The highest BCUT2D eigenvalue weighted by Gasteiger charge is 2.28. The zero-order chi connectivity index (χ0) is 24.5. The van der Waals surface area contributed by atoms with Gasteiger partial charge in [-0.2, -0.15) is 0 Å². The average Bonchev–Trinajstić information content (AvgIpc) is 2.86. The molecular formula is C27H26F2N2O3. The number of benzene rings is 2. The molecule has 2 aromatic carbocycles. The highest BCUT2D eigenvalue weighted by molar-refractivity contribution is 5.95. The van der Waals surface area contributed by atoms with Crippen LogP contribution in [0.3, 0.4) is 0 Å². The second-order valence-electron chi connectivity index (χ2n) is 7.88. The van der Waals surface area contributed by atoms with Crippen molar-refractivity contribution in [1.82, 2.24) is 10.3 Å². The van der Waals surface area contributed by atoms with Gasteiger partial charge in [0.05, 0.1) is 7.11 Å². The minimum absolute atomic E-state index is 0.176. The van der Waals surface area contributed by atoms with Crippen molar-refractivity contribution >= 4 is 23.5 Å². The van der Waals surface area contributed by atoms with Crippen molar-refractivity contribution in [3.8, 4) is 0 Å². The largest absolute Gasteiger partial charge is 0.467 e. The van der Waals surface area contributed by atoms with Crippen LogP contribution in [-0.2, 0) is 9.53 Å². The first-order valence-corrected chi connectivity index (χ1v) is 10.9. The number of halogens is 2. The van der Waals surface area contributed by atoms with Crippen LogP contribution in [0.2, 0.25) is 0 Å². The molecule has 0 spiro atoms. The Hall–Kier alpha value is -3.87. The Morgan fingerprint density at radius 2 is 1.68 bits per heavy atom. The number of pyridine rings is 1. The number of rotatable bonds is 9. The van der Waals surface area contributed by atoms with Gasteiger partial charge in [0.15, 0.2) is 0 Å². The lowest BCUT2D eigenvalue weighted by molar-refractivity contribution is -0.144. The first kappa shape index (κ1) is 24.8. The number of ether oxygens (including phenoxy) is 1. The summed E-state index contributed by atoms with van der Waals surface area (Å²) in [7, 11) is 1.25. The fourth-order valence-corrected chi connectivity index (χ4v) is 3.61. The summed E-state index contributed by atoms with van der Waals surface area (Å²) in [5.74, 6) is -2.30. The zero-order valence-corrected chi connectivity index (χ0v) is 19.0. The third-order valence-electron chi connectivity index (χ3n) is 5.53. The number of amides is 1. The Balaban J connectivity index is 1.83. The first-order chi connectivity index (χ1) is 16.4. The van der Waals surface area contributed by atoms with E-state index in [-0.39, 0.29) is 11.6 Å². The Labute approximate surface area is 197 Å². The fraction of sp³-hybridized carbons (Fsp3) is 0.222. The molecule has 3 aromatic rings. The molecule has 0 bridgehead atoms. The minimum atomic E-state index is -0.935. The molecule has 0 aliphatic carbocycles. The molecule has 0 aliphatic rings. The van der Waals surface area contributed by atoms with Gasteiger partial charge in [-0.25, -0.2) is 13.6 Å². The van der Waals surface area contributed by atoms with Gasteiger partial charge in [0.2, 0.25) is 0 Å². The second kappa shape index (κ2) is 11.8. The number of carbonyl (C=O) groups is 2. The molecule has 176 valence electrons. The number of carbonyl (C=O) groups excluding carboxylic acids is 2. The molecule has 0 radical (unpaired) electrons. The maximum atomic E-state index is 14.6. The summed E-state index contributed by atoms with van der Waals surface area (Å²) in [6.07, 6.45) is 3.83. The monoisotopic (exact) mass is 464 g/mol. The molecule has 0 unspecified atom stereocenters. The number of methoxy groups -OCH3 is 1. The van der Waals surface area contributed by atoms with Crippen molar-refractivity contribution < 1.29 is 23.1 Å². The summed E-state index contributed by atoms with van der Waals surface area (Å²) in [6, 6.07) is 16.5. The molecular weight excluding hydrogens is 438 g/mol. The van der Waals surface area contributed by atoms with Gasteiger partial charge in [-0.1, -0.05) is 49.4 Å². The van der Waals surface area contributed by atoms with Crippen molar-refractivity contribution in [2.75, 3.05) is 7.11 Å². The van der Waals surface area contributed by atoms with E-state index in [4.69, 9.17) is 4.74 Å². The Morgan fingerprint density at radius 3 is 2.32 bits per heavy atom. The molecule has 0 aliphatic heterocycles. The molecule has 1 amide bonds. The number of hydrogen-bond acceptors (Lipinski definition) is 4. The van der Waals surface area contributed by atoms with E-state index in [1.807, 2.05) is 0 Å². The van der Waals surface area contributed by atoms with Crippen LogP contribution < -0.4 is 5.32 Å². The van der Waals surface area contributed by atoms with Crippen LogP contribution in [0.4, 0.5) is 8.78 Å². The Morgan fingerprint density at radius 1 is 1.00 bits per heavy atom. The average molecular weight is 465 g/mol. The maximum absolute atomic E-state index is 14.6. The molecule has 34 heavy (non-hydrogen) atoms. The Bertz CT molecular complexity index is 1170. The number of nitrogens with one attached hydrogen (secondary N) is 1. The second-order valence-corrected chi connectivity index (χ2v) is 7.88. The van der Waals surface area contributed by atoms with E-state index < -0.39 is 29.6 Å². The van der Waals surface area contributed by atoms with Crippen LogP contribution >= 0.6 is 0 Å². The first-order valence-electron chi connectivity index (χ1n) is 10.9. The van der Waals surface area contributed by atoms with E-state index in [1.165, 1.54) is 25.4 Å². The predicted molar refractivity (Wildman–Crippen MR) is 127 cm³/mol. The zero-order valence-electron chi connectivity index (χ0n) is 19.0. The standard InChI is InChI=1S/C27H26F2N2O3/c1-18(25(27(33)34-2)31-26(32)24-13-7-8-16-30-24)14-15-19(21-10-4-6-12-23(21)29)17-20-9-3-5-11-22(20)28/h3-13,16-18,25H,14-15H2,1-2H3,(H,31,32)/b19-17-/t18-,25-/m0/s1. The van der Waals surface area contributed by atoms with Crippen molar-refractivity contribution in [1.29, 1.82) is 0 Å². The van der Waals surface area contributed by atoms with Crippen LogP contribution in [-0.4, -0.2) is 30.0 Å². The maximum Gasteiger partial charge on any atom is 0.328 e. The smallest absolute Gasteiger partial charge is 0.328 e. The molecule has 0 fully saturated rings. The summed E-state index contributed by atoms with van der Waals surface area (Å²) in [6.45, 7) is 1.79. The topological polar surface area (TPSA) is 68.3 Å². The van der Waals surface area contributed by atoms with E-state index in [1.54, 1.807) is 67.6 Å². The van der Waals surface area contributed by atoms with E-state index in [9.17, 15) is 18.4 Å². The molecule has 0 saturated heterocycles. The third-order valence-corrected chi connectivity index (χ3v) is 5.53. The number of hydrogen-bond donors (Lipinski definition) is 1. The van der Waals surface area contributed by atoms with Gasteiger partial charge in [0, 0.05) is 17.3 Å². The Kier molecular flexibility index (Phi) is 8.62. The molecule has 0 saturated carbocycles. The third kappa shape index (κ3) is 6.34. The van der Waals surface area contributed by atoms with Crippen LogP contribution in [0.15, 0.2) is 72.9 Å². The van der Waals surface area contributed by atoms with E-state index >= 15 is 0 Å². The molecule has 1 aromatic heterocycles. The molecule has 1 heterocycles. The quantitative estimate of drug-likeness (QED) is 0.345. The molecule has 7 heteroatoms. The van der Waals surface area contributed by atoms with Gasteiger partial charge in [-0.15, -0.1) is 0 Å². The summed E-state index contributed by atoms with van der Waals surface area (Å²) >= 11 is 0. The number of nitrogens with zero attached hydrogens (tertiary/aromatic N) is 1. The highest BCUT2D eigenvalue weighted by Crippen LogP contribution is 2.29. The van der Waals surface area contributed by atoms with Crippen LogP contribution in [0.1, 0.15) is 41.4 Å². The summed E-state index contributed by atoms with van der Waals surface area (Å²) in [5.41, 5.74) is 1.44. The minimum Gasteiger partial charge on any atom is -0.467 e. The molecule has 2 atom stereocenters. The van der Waals surface area contributed by atoms with Gasteiger partial charge >= 0.3 is 5.97 Å². The van der Waals surface area contributed by atoms with Crippen molar-refractivity contribution in [3.63, 3.8) is 0 Å². The van der Waals surface area contributed by atoms with Crippen molar-refractivity contribution in [2.45, 2.75) is 25.8 Å². The molecule has 1 N–H and O–H groups in total. The molecule has 3 rings (SSSR count). The number of allylic oxidation sites excluding steroid dienone is 1. The molecule has 5 nitrogen and oxygen atoms in total. The number of aromatic nitrogens is 1. The summed E-state index contributed by atoms with van der Waals surface area (Å²) in [5, 5.41) is 2.69. The normalized spacial score (nSPS) is 13.1. The van der Waals surface area contributed by atoms with E-state index in [2.05, 4.69) is 10.3 Å². The van der Waals surface area contributed by atoms with Crippen LogP contribution in [0.5, 0.6) is 0 Å². The van der Waals surface area contributed by atoms with Crippen LogP contribution in [0.25, 0.3) is 11.6 Å². The van der Waals surface area contributed by atoms with Crippen LogP contribution in [0, 0.1) is 17.6 Å². The summed E-state index contributed by atoms with van der Waals surface area (Å²) < 4.78 is 33.8. The SMILES string of the molecule is COC(=O)[C@@H](NC(=O)c1ccccn1)[C@@H](C)CC/C(=C/c1ccccc1F)c1ccccc1F. The van der Waals surface area contributed by atoms with Gasteiger partial charge in [0.1, 0.15) is 23.4 Å². The van der Waals surface area contributed by atoms with Crippen molar-refractivity contribution in [2.24, 2.45) is 5.92 Å². The van der Waals surface area contributed by atoms with Gasteiger partial charge in [0.25, 0.3) is 5.91 Å². The lowest BCUT2D eigenvalue weighted by Crippen LogP contribution is -2.46.